The first-order valence-corrected chi connectivity index (χ1v) is 15.0. The molecule has 2 heterocycles. The maximum Gasteiger partial charge on any atom is 0.417 e. The van der Waals surface area contributed by atoms with Crippen molar-refractivity contribution in [3.05, 3.63) is 64.8 Å². The first-order valence-electron chi connectivity index (χ1n) is 12.8. The molecule has 1 aliphatic rings. The molecule has 0 aliphatic carbocycles. The smallest absolute Gasteiger partial charge is 0.391 e. The predicted octanol–water partition coefficient (Wildman–Crippen LogP) is 4.00. The summed E-state index contributed by atoms with van der Waals surface area (Å²) in [5.41, 5.74) is -1.64. The number of benzene rings is 2. The number of carbonyl (C=O) groups excluding carboxylic acids is 2. The lowest BCUT2D eigenvalue weighted by molar-refractivity contribution is -0.140. The summed E-state index contributed by atoms with van der Waals surface area (Å²) in [7, 11) is -4.75. The summed E-state index contributed by atoms with van der Waals surface area (Å²) in [6.45, 7) is 2.69. The minimum Gasteiger partial charge on any atom is -0.391 e. The Hall–Kier alpha value is -3.07. The van der Waals surface area contributed by atoms with Crippen LogP contribution < -0.4 is 10.6 Å². The quantitative estimate of drug-likeness (QED) is 0.315. The van der Waals surface area contributed by atoms with Gasteiger partial charge in [0.25, 0.3) is 5.91 Å². The number of β-amino-alcohol motifs (C(OH)–C–C–N with tert-alkyl or cyclic N) is 1. The Morgan fingerprint density at radius 3 is 2.49 bits per heavy atom. The molecule has 3 atom stereocenters. The van der Waals surface area contributed by atoms with Crippen LogP contribution in [0.3, 0.4) is 0 Å². The van der Waals surface area contributed by atoms with Crippen LogP contribution in [-0.2, 0) is 21.0 Å². The summed E-state index contributed by atoms with van der Waals surface area (Å²) in [6.07, 6.45) is -6.10. The van der Waals surface area contributed by atoms with E-state index in [4.69, 9.17) is 0 Å². The van der Waals surface area contributed by atoms with Gasteiger partial charge in [-0.3, -0.25) is 9.59 Å². The van der Waals surface area contributed by atoms with Gasteiger partial charge in [0.2, 0.25) is 15.9 Å². The van der Waals surface area contributed by atoms with Crippen LogP contribution in [-0.4, -0.2) is 61.4 Å². The Morgan fingerprint density at radius 2 is 1.83 bits per heavy atom. The molecule has 1 fully saturated rings. The zero-order valence-electron chi connectivity index (χ0n) is 22.1. The molecule has 222 valence electrons. The number of hydrogen-bond acceptors (Lipinski definition) is 6. The van der Waals surface area contributed by atoms with Gasteiger partial charge in [-0.1, -0.05) is 32.0 Å². The zero-order valence-corrected chi connectivity index (χ0v) is 23.7. The highest BCUT2D eigenvalue weighted by Gasteiger charge is 2.43. The highest BCUT2D eigenvalue weighted by atomic mass is 32.2. The van der Waals surface area contributed by atoms with Gasteiger partial charge in [0.1, 0.15) is 11.9 Å². The molecule has 3 aromatic rings. The molecule has 3 N–H and O–H groups in total. The molecule has 1 aliphatic heterocycles. The van der Waals surface area contributed by atoms with Crippen LogP contribution in [0.25, 0.3) is 10.1 Å². The van der Waals surface area contributed by atoms with E-state index in [2.05, 4.69) is 10.6 Å². The molecule has 1 aromatic heterocycles. The minimum atomic E-state index is -5.12. The van der Waals surface area contributed by atoms with E-state index in [-0.39, 0.29) is 25.1 Å². The third-order valence-electron chi connectivity index (χ3n) is 6.75. The van der Waals surface area contributed by atoms with Gasteiger partial charge in [0, 0.05) is 30.3 Å². The Labute approximate surface area is 238 Å². The van der Waals surface area contributed by atoms with Crippen molar-refractivity contribution in [1.29, 1.82) is 0 Å². The molecule has 2 aromatic carbocycles. The zero-order chi connectivity index (χ0) is 30.1. The fraction of sp³-hybridized carbons (Fsp3) is 0.407. The second-order valence-electron chi connectivity index (χ2n) is 10.3. The fourth-order valence-corrected chi connectivity index (χ4v) is 7.35. The number of sulfonamides is 1. The van der Waals surface area contributed by atoms with Crippen molar-refractivity contribution in [1.82, 2.24) is 14.9 Å². The van der Waals surface area contributed by atoms with E-state index in [0.29, 0.717) is 27.7 Å². The molecule has 0 unspecified atom stereocenters. The third kappa shape index (κ3) is 7.05. The summed E-state index contributed by atoms with van der Waals surface area (Å²) < 4.78 is 81.6. The van der Waals surface area contributed by atoms with Gasteiger partial charge < -0.3 is 15.7 Å². The molecule has 0 saturated carbocycles. The Morgan fingerprint density at radius 1 is 1.12 bits per heavy atom. The number of alkyl halides is 3. The minimum absolute atomic E-state index is 0.0321. The van der Waals surface area contributed by atoms with E-state index in [9.17, 15) is 40.7 Å². The number of nitrogens with one attached hydrogen (secondary N) is 2. The predicted molar refractivity (Wildman–Crippen MR) is 145 cm³/mol. The second kappa shape index (κ2) is 12.0. The van der Waals surface area contributed by atoms with Gasteiger partial charge >= 0.3 is 6.18 Å². The lowest BCUT2D eigenvalue weighted by Crippen LogP contribution is -2.49. The number of aliphatic hydroxyl groups is 1. The third-order valence-corrected chi connectivity index (χ3v) is 9.76. The Kier molecular flexibility index (Phi) is 9.07. The maximum absolute atomic E-state index is 13.5. The van der Waals surface area contributed by atoms with E-state index in [0.717, 1.165) is 10.1 Å². The van der Waals surface area contributed by atoms with Crippen molar-refractivity contribution in [2.24, 2.45) is 11.8 Å². The molecule has 4 rings (SSSR count). The normalized spacial score (nSPS) is 19.0. The second-order valence-corrected chi connectivity index (χ2v) is 13.3. The number of halogens is 4. The highest BCUT2D eigenvalue weighted by Crippen LogP contribution is 2.37. The van der Waals surface area contributed by atoms with Gasteiger partial charge in [-0.2, -0.15) is 17.5 Å². The van der Waals surface area contributed by atoms with Gasteiger partial charge in [-0.15, -0.1) is 11.3 Å². The number of rotatable bonds is 9. The fourth-order valence-electron chi connectivity index (χ4n) is 4.68. The molecule has 8 nitrogen and oxygen atoms in total. The van der Waals surface area contributed by atoms with E-state index < -0.39 is 68.9 Å². The number of hydrogen-bond donors (Lipinski definition) is 3. The van der Waals surface area contributed by atoms with Crippen molar-refractivity contribution in [3.8, 4) is 0 Å². The molecule has 41 heavy (non-hydrogen) atoms. The topological polar surface area (TPSA) is 116 Å². The van der Waals surface area contributed by atoms with Crippen LogP contribution in [0.4, 0.5) is 17.6 Å². The van der Waals surface area contributed by atoms with Crippen LogP contribution in [0.1, 0.15) is 35.5 Å². The van der Waals surface area contributed by atoms with Gasteiger partial charge in [-0.25, -0.2) is 12.8 Å². The maximum atomic E-state index is 13.5. The van der Waals surface area contributed by atoms with Gasteiger partial charge in [0.05, 0.1) is 21.4 Å². The summed E-state index contributed by atoms with van der Waals surface area (Å²) in [6, 6.07) is 9.55. The molecular formula is C27H29F4N3O5S2. The van der Waals surface area contributed by atoms with Crippen molar-refractivity contribution in [2.45, 2.75) is 43.5 Å². The van der Waals surface area contributed by atoms with Crippen LogP contribution in [0, 0.1) is 17.7 Å². The molecule has 14 heteroatoms. The van der Waals surface area contributed by atoms with E-state index in [1.165, 1.54) is 11.3 Å². The molecule has 0 spiro atoms. The molecule has 0 bridgehead atoms. The highest BCUT2D eigenvalue weighted by molar-refractivity contribution is 7.89. The largest absolute Gasteiger partial charge is 0.417 e. The van der Waals surface area contributed by atoms with E-state index in [1.54, 1.807) is 6.07 Å². The molecule has 0 radical (unpaired) electrons. The first kappa shape index (κ1) is 30.9. The van der Waals surface area contributed by atoms with Crippen LogP contribution in [0.15, 0.2) is 53.4 Å². The van der Waals surface area contributed by atoms with E-state index >= 15 is 0 Å². The van der Waals surface area contributed by atoms with Crippen molar-refractivity contribution < 1.29 is 40.7 Å². The number of fused-ring (bicyclic) bond motifs is 1. The Bertz CT molecular complexity index is 1510. The molecule has 2 amide bonds. The van der Waals surface area contributed by atoms with E-state index in [1.807, 2.05) is 38.1 Å². The van der Waals surface area contributed by atoms with Crippen molar-refractivity contribution in [3.63, 3.8) is 0 Å². The molecule has 1 saturated heterocycles. The monoisotopic (exact) mass is 615 g/mol. The van der Waals surface area contributed by atoms with Crippen LogP contribution in [0.2, 0.25) is 0 Å². The first-order chi connectivity index (χ1) is 19.2. The summed E-state index contributed by atoms with van der Waals surface area (Å²) in [5.74, 6) is -3.01. The number of amides is 2. The van der Waals surface area contributed by atoms with Gasteiger partial charge in [0.15, 0.2) is 0 Å². The standard InChI is InChI=1S/C27H29F4N3O5S2/c1-15(2)9-20(33-26(37)23-10-16-5-3-4-6-22(16)40-23)25(36)32-12-17-13-34(14-21(17)35)41(38,39)24-8-7-18(28)11-19(24)27(29,30)31/h3-8,10-11,15,17,20-21,35H,9,12-14H2,1-2H3,(H,32,36)(H,33,37)/t17-,20-,21+/m0/s1. The summed E-state index contributed by atoms with van der Waals surface area (Å²) in [4.78, 5) is 25.3. The summed E-state index contributed by atoms with van der Waals surface area (Å²) >= 11 is 1.29. The van der Waals surface area contributed by atoms with Crippen LogP contribution in [0.5, 0.6) is 0 Å². The number of nitrogens with zero attached hydrogens (tertiary/aromatic N) is 1. The van der Waals surface area contributed by atoms with Crippen molar-refractivity contribution in [2.75, 3.05) is 19.6 Å². The number of carbonyl (C=O) groups is 2. The number of thiophene rings is 1. The molecular weight excluding hydrogens is 586 g/mol. The number of aliphatic hydroxyl groups excluding tert-OH is 1. The lowest BCUT2D eigenvalue weighted by Gasteiger charge is -2.22. The van der Waals surface area contributed by atoms with Crippen molar-refractivity contribution >= 4 is 43.3 Å². The average molecular weight is 616 g/mol. The lowest BCUT2D eigenvalue weighted by atomic mass is 10.0. The SMILES string of the molecule is CC(C)C[C@H](NC(=O)c1cc2ccccc2s1)C(=O)NC[C@H]1CN(S(=O)(=O)c2ccc(F)cc2C(F)(F)F)C[C@H]1O. The summed E-state index contributed by atoms with van der Waals surface area (Å²) in [5, 5.41) is 16.8. The Balaban J connectivity index is 1.43. The van der Waals surface area contributed by atoms with Crippen LogP contribution >= 0.6 is 11.3 Å². The average Bonchev–Trinajstić information content (AvgIpc) is 3.50. The van der Waals surface area contributed by atoms with Gasteiger partial charge in [-0.05, 0) is 48.1 Å².